The van der Waals surface area contributed by atoms with Crippen molar-refractivity contribution < 1.29 is 19.2 Å². The van der Waals surface area contributed by atoms with Crippen LogP contribution in [0.3, 0.4) is 0 Å². The average molecular weight is 1470 g/mol. The highest BCUT2D eigenvalue weighted by atomic mass is 16.2. The van der Waals surface area contributed by atoms with Crippen molar-refractivity contribution in [1.82, 2.24) is 25.8 Å². The van der Waals surface area contributed by atoms with E-state index in [4.69, 9.17) is 0 Å². The van der Waals surface area contributed by atoms with Crippen LogP contribution in [-0.2, 0) is 19.2 Å². The van der Waals surface area contributed by atoms with Gasteiger partial charge in [0.05, 0.1) is 11.8 Å². The van der Waals surface area contributed by atoms with Crippen LogP contribution in [0.25, 0.3) is 0 Å². The number of nitrogens with zero attached hydrogens (tertiary/aromatic N) is 2. The zero-order valence-electron chi connectivity index (χ0n) is 70.9. The molecule has 9 heteroatoms. The normalized spacial score (nSPS) is 15.0. The molecule has 2 rings (SSSR count). The maximum absolute atomic E-state index is 13.0. The molecule has 2 saturated heterocycles. The molecule has 0 aromatic carbocycles. The standard InChI is InChI=1S/C96H183N5O4/c1-3-5-7-9-11-13-15-17-19-21-23-25-27-29-31-33-35-37-39-41-43-45-47-49-51-53-55-57-59-61-63-65-67-69-71-73-75-77-79-91-89-93(102)100(95(91)104)87-85-98-83-81-97-82-84-99-86-88-101-94(103)90-92(96(101)105)80-78-76-74-72-70-68-66-64-62-60-58-56-54-52-50-48-46-44-42-40-38-36-34-32-30-28-26-24-22-20-18-16-14-12-10-8-6-4-2/h77-80,91-92,97-99H,3-76,81-90H2,1-2H3. The van der Waals surface area contributed by atoms with Crippen molar-refractivity contribution in [2.24, 2.45) is 11.8 Å². The van der Waals surface area contributed by atoms with Gasteiger partial charge in [0, 0.05) is 65.2 Å². The van der Waals surface area contributed by atoms with Crippen molar-refractivity contribution in [1.29, 1.82) is 0 Å². The molecule has 2 aliphatic heterocycles. The number of rotatable bonds is 88. The van der Waals surface area contributed by atoms with Crippen LogP contribution in [0.5, 0.6) is 0 Å². The number of amides is 4. The highest BCUT2D eigenvalue weighted by Crippen LogP contribution is 2.25. The third kappa shape index (κ3) is 66.0. The van der Waals surface area contributed by atoms with E-state index >= 15 is 0 Å². The Balaban J connectivity index is 1.24. The van der Waals surface area contributed by atoms with Gasteiger partial charge in [0.1, 0.15) is 0 Å². The molecule has 0 radical (unpaired) electrons. The Morgan fingerprint density at radius 1 is 0.229 bits per heavy atom. The minimum absolute atomic E-state index is 0.0548. The summed E-state index contributed by atoms with van der Waals surface area (Å²) in [5.41, 5.74) is 0. The molecule has 0 aromatic rings. The van der Waals surface area contributed by atoms with E-state index in [0.29, 0.717) is 39.0 Å². The van der Waals surface area contributed by atoms with Crippen LogP contribution in [-0.4, -0.2) is 85.8 Å². The third-order valence-electron chi connectivity index (χ3n) is 23.7. The summed E-state index contributed by atoms with van der Waals surface area (Å²) in [4.78, 5) is 54.3. The largest absolute Gasteiger partial charge is 0.314 e. The first-order valence-corrected chi connectivity index (χ1v) is 48.1. The molecular formula is C96H183N5O4. The van der Waals surface area contributed by atoms with Crippen LogP contribution in [0.2, 0.25) is 0 Å². The molecule has 0 aliphatic carbocycles. The van der Waals surface area contributed by atoms with Gasteiger partial charge in [-0.2, -0.15) is 0 Å². The van der Waals surface area contributed by atoms with Gasteiger partial charge in [0.15, 0.2) is 0 Å². The lowest BCUT2D eigenvalue weighted by atomic mass is 10.0. The summed E-state index contributed by atoms with van der Waals surface area (Å²) < 4.78 is 0. The first-order chi connectivity index (χ1) is 52.0. The number of nitrogens with one attached hydrogen (secondary N) is 3. The second kappa shape index (κ2) is 81.1. The molecule has 2 aliphatic rings. The molecule has 0 bridgehead atoms. The van der Waals surface area contributed by atoms with E-state index in [2.05, 4.69) is 41.9 Å². The molecule has 0 spiro atoms. The molecule has 2 unspecified atom stereocenters. The van der Waals surface area contributed by atoms with Crippen molar-refractivity contribution in [3.05, 3.63) is 24.3 Å². The van der Waals surface area contributed by atoms with E-state index < -0.39 is 0 Å². The Bertz CT molecular complexity index is 1770. The van der Waals surface area contributed by atoms with Crippen molar-refractivity contribution in [3.8, 4) is 0 Å². The predicted molar refractivity (Wildman–Crippen MR) is 460 cm³/mol. The van der Waals surface area contributed by atoms with Gasteiger partial charge >= 0.3 is 0 Å². The summed E-state index contributed by atoms with van der Waals surface area (Å²) >= 11 is 0. The summed E-state index contributed by atoms with van der Waals surface area (Å²) in [6, 6.07) is 0. The lowest BCUT2D eigenvalue weighted by Gasteiger charge is -2.15. The van der Waals surface area contributed by atoms with Crippen molar-refractivity contribution in [2.75, 3.05) is 52.4 Å². The van der Waals surface area contributed by atoms with Gasteiger partial charge in [-0.25, -0.2) is 0 Å². The fourth-order valence-electron chi connectivity index (χ4n) is 16.5. The SMILES string of the molecule is CCCCCCCCCCCCCCCCCCCCCCCCCCCCCCCCCCCCCCC=CC1CC(=O)N(CCNCCNCCNCCN2C(=O)CC(C=CCCCCCCCCCCCCCCCCCCCCCCCCCCCCCCCCCCCCCC)C2=O)C1=O. The topological polar surface area (TPSA) is 111 Å². The number of unbranched alkanes of at least 4 members (excludes halogenated alkanes) is 72. The molecule has 2 fully saturated rings. The number of allylic oxidation sites excluding steroid dienone is 2. The van der Waals surface area contributed by atoms with Crippen LogP contribution in [0.1, 0.15) is 502 Å². The van der Waals surface area contributed by atoms with Gasteiger partial charge in [0.2, 0.25) is 23.6 Å². The third-order valence-corrected chi connectivity index (χ3v) is 23.7. The maximum atomic E-state index is 13.0. The molecule has 9 nitrogen and oxygen atoms in total. The Morgan fingerprint density at radius 2 is 0.381 bits per heavy atom. The Hall–Kier alpha value is -2.36. The molecule has 0 saturated carbocycles. The fraction of sp³-hybridized carbons (Fsp3) is 0.917. The van der Waals surface area contributed by atoms with E-state index in [-0.39, 0.29) is 35.5 Å². The molecule has 2 heterocycles. The Labute approximate surface area is 655 Å². The summed E-state index contributed by atoms with van der Waals surface area (Å²) in [6.45, 7) is 9.63. The number of hydrogen-bond acceptors (Lipinski definition) is 7. The van der Waals surface area contributed by atoms with Gasteiger partial charge in [-0.3, -0.25) is 29.0 Å². The van der Waals surface area contributed by atoms with E-state index in [1.807, 2.05) is 12.2 Å². The monoisotopic (exact) mass is 1470 g/mol. The van der Waals surface area contributed by atoms with Gasteiger partial charge in [-0.05, 0) is 25.7 Å². The molecule has 616 valence electrons. The zero-order chi connectivity index (χ0) is 75.0. The average Bonchev–Trinajstić information content (AvgIpc) is 1.71. The predicted octanol–water partition coefficient (Wildman–Crippen LogP) is 28.5. The highest BCUT2D eigenvalue weighted by molar-refractivity contribution is 6.05. The lowest BCUT2D eigenvalue weighted by molar-refractivity contribution is -0.140. The smallest absolute Gasteiger partial charge is 0.236 e. The quantitative estimate of drug-likeness (QED) is 0.0316. The summed E-state index contributed by atoms with van der Waals surface area (Å²) in [5.74, 6) is -0.849. The summed E-state index contributed by atoms with van der Waals surface area (Å²) in [6.07, 6.45) is 114. The number of hydrogen-bond donors (Lipinski definition) is 3. The molecule has 3 N–H and O–H groups in total. The lowest BCUT2D eigenvalue weighted by Crippen LogP contribution is -2.40. The van der Waals surface area contributed by atoms with E-state index in [9.17, 15) is 19.2 Å². The van der Waals surface area contributed by atoms with Gasteiger partial charge < -0.3 is 16.0 Å². The van der Waals surface area contributed by atoms with Crippen LogP contribution < -0.4 is 16.0 Å². The molecular weight excluding hydrogens is 1290 g/mol. The number of carbonyl (C=O) groups is 4. The van der Waals surface area contributed by atoms with Gasteiger partial charge in [-0.1, -0.05) is 488 Å². The molecule has 2 atom stereocenters. The number of likely N-dealkylation sites (tertiary alicyclic amines) is 2. The minimum Gasteiger partial charge on any atom is -0.314 e. The second-order valence-electron chi connectivity index (χ2n) is 33.8. The zero-order valence-corrected chi connectivity index (χ0v) is 70.9. The van der Waals surface area contributed by atoms with E-state index in [0.717, 1.165) is 51.9 Å². The van der Waals surface area contributed by atoms with Crippen molar-refractivity contribution in [3.63, 3.8) is 0 Å². The van der Waals surface area contributed by atoms with Crippen molar-refractivity contribution >= 4 is 23.6 Å². The van der Waals surface area contributed by atoms with E-state index in [1.54, 1.807) is 0 Å². The fourth-order valence-corrected chi connectivity index (χ4v) is 16.5. The maximum Gasteiger partial charge on any atom is 0.236 e. The van der Waals surface area contributed by atoms with Crippen LogP contribution in [0, 0.1) is 11.8 Å². The number of carbonyl (C=O) groups excluding carboxylic acids is 4. The highest BCUT2D eigenvalue weighted by Gasteiger charge is 2.37. The second-order valence-corrected chi connectivity index (χ2v) is 33.8. The molecule has 4 amide bonds. The van der Waals surface area contributed by atoms with Crippen LogP contribution >= 0.6 is 0 Å². The van der Waals surface area contributed by atoms with Gasteiger partial charge in [-0.15, -0.1) is 0 Å². The summed E-state index contributed by atoms with van der Waals surface area (Å²) in [5, 5.41) is 10.1. The Morgan fingerprint density at radius 3 is 0.552 bits per heavy atom. The first kappa shape index (κ1) is 98.7. The van der Waals surface area contributed by atoms with Gasteiger partial charge in [0.25, 0.3) is 0 Å². The minimum atomic E-state index is -0.309. The van der Waals surface area contributed by atoms with Crippen LogP contribution in [0.15, 0.2) is 24.3 Å². The molecule has 0 aromatic heterocycles. The Kier molecular flexibility index (Phi) is 76.3. The van der Waals surface area contributed by atoms with Crippen LogP contribution in [0.4, 0.5) is 0 Å². The van der Waals surface area contributed by atoms with Crippen molar-refractivity contribution in [2.45, 2.75) is 502 Å². The number of imide groups is 2. The first-order valence-electron chi connectivity index (χ1n) is 48.1. The van der Waals surface area contributed by atoms with E-state index in [1.165, 1.54) is 459 Å². The summed E-state index contributed by atoms with van der Waals surface area (Å²) in [7, 11) is 0. The molecule has 105 heavy (non-hydrogen) atoms.